The third kappa shape index (κ3) is 17.2. The normalized spacial score (nSPS) is 11.0. The van der Waals surface area contributed by atoms with Crippen LogP contribution in [0.5, 0.6) is 0 Å². The van der Waals surface area contributed by atoms with Crippen molar-refractivity contribution in [1.82, 2.24) is 0 Å². The zero-order chi connectivity index (χ0) is 20.1. The predicted octanol–water partition coefficient (Wildman–Crippen LogP) is 3.60. The first-order chi connectivity index (χ1) is 12.6. The lowest BCUT2D eigenvalue weighted by Crippen LogP contribution is -2.37. The van der Waals surface area contributed by atoms with E-state index in [1.54, 1.807) is 0 Å². The van der Waals surface area contributed by atoms with Gasteiger partial charge in [-0.1, -0.05) is 71.6 Å². The summed E-state index contributed by atoms with van der Waals surface area (Å²) in [6, 6.07) is 0. The fourth-order valence-corrected chi connectivity index (χ4v) is 2.26. The maximum atomic E-state index is 8.50. The van der Waals surface area contributed by atoms with Crippen LogP contribution in [0.4, 0.5) is 0 Å². The Morgan fingerprint density at radius 1 is 0.692 bits per heavy atom. The lowest BCUT2D eigenvalue weighted by molar-refractivity contribution is -0.0328. The van der Waals surface area contributed by atoms with Gasteiger partial charge in [-0.2, -0.15) is 0 Å². The van der Waals surface area contributed by atoms with Gasteiger partial charge in [0.2, 0.25) is 0 Å². The molecule has 0 saturated carbocycles. The highest BCUT2D eigenvalue weighted by Crippen LogP contribution is 2.12. The minimum absolute atomic E-state index is 0.406. The maximum absolute atomic E-state index is 8.50. The molecule has 0 bridgehead atoms. The van der Waals surface area contributed by atoms with Crippen LogP contribution in [0.2, 0.25) is 0 Å². The molecule has 0 spiro atoms. The Labute approximate surface area is 165 Å². The number of rotatable bonds is 16. The molecule has 26 heavy (non-hydrogen) atoms. The molecule has 0 radical (unpaired) electrons. The fourth-order valence-electron chi connectivity index (χ4n) is 2.18. The van der Waals surface area contributed by atoms with E-state index >= 15 is 0 Å². The van der Waals surface area contributed by atoms with E-state index in [1.165, 1.54) is 57.8 Å². The van der Waals surface area contributed by atoms with Crippen LogP contribution in [-0.2, 0) is 4.74 Å². The van der Waals surface area contributed by atoms with Crippen molar-refractivity contribution >= 4 is 17.3 Å². The first-order valence-electron chi connectivity index (χ1n) is 10.1. The zero-order valence-corrected chi connectivity index (χ0v) is 17.7. The van der Waals surface area contributed by atoms with Crippen molar-refractivity contribution in [1.29, 1.82) is 0 Å². The molecular formula is C20H42O5S. The van der Waals surface area contributed by atoms with Gasteiger partial charge >= 0.3 is 0 Å². The second kappa shape index (κ2) is 21.0. The first kappa shape index (κ1) is 27.9. The summed E-state index contributed by atoms with van der Waals surface area (Å²) in [5.74, 6) is 0. The minimum Gasteiger partial charge on any atom is -0.487 e. The molecule has 5 nitrogen and oxygen atoms in total. The number of unbranched alkanes of at least 4 members (excludes halogenated alkanes) is 9. The lowest BCUT2D eigenvalue weighted by Gasteiger charge is -2.23. The third-order valence-corrected chi connectivity index (χ3v) is 4.80. The van der Waals surface area contributed by atoms with Gasteiger partial charge in [-0.05, 0) is 18.6 Å². The second-order valence-corrected chi connectivity index (χ2v) is 7.34. The molecule has 0 unspecified atom stereocenters. The first-order valence-corrected chi connectivity index (χ1v) is 10.6. The molecule has 0 aromatic heterocycles. The molecule has 0 aliphatic carbocycles. The Bertz CT molecular complexity index is 278. The van der Waals surface area contributed by atoms with Crippen molar-refractivity contribution in [2.24, 2.45) is 5.41 Å². The van der Waals surface area contributed by atoms with Gasteiger partial charge in [0.25, 0.3) is 0 Å². The quantitative estimate of drug-likeness (QED) is 0.236. The average molecular weight is 395 g/mol. The Hall–Kier alpha value is -0.270. The van der Waals surface area contributed by atoms with Crippen LogP contribution in [0.3, 0.4) is 0 Å². The molecule has 0 aliphatic rings. The molecule has 0 aromatic rings. The second-order valence-electron chi connectivity index (χ2n) is 6.89. The van der Waals surface area contributed by atoms with Gasteiger partial charge in [-0.3, -0.25) is 0 Å². The summed E-state index contributed by atoms with van der Waals surface area (Å²) in [5, 5.41) is 34.8. The van der Waals surface area contributed by atoms with E-state index in [4.69, 9.17) is 37.4 Å². The van der Waals surface area contributed by atoms with Gasteiger partial charge in [0.15, 0.2) is 5.05 Å². The predicted molar refractivity (Wildman–Crippen MR) is 111 cm³/mol. The zero-order valence-electron chi connectivity index (χ0n) is 16.9. The van der Waals surface area contributed by atoms with Gasteiger partial charge in [-0.25, -0.2) is 0 Å². The Balaban J connectivity index is 0. The lowest BCUT2D eigenvalue weighted by atomic mass is 9.93. The topological polar surface area (TPSA) is 90.2 Å². The van der Waals surface area contributed by atoms with Crippen molar-refractivity contribution in [3.8, 4) is 0 Å². The molecule has 0 saturated heterocycles. The summed E-state index contributed by atoms with van der Waals surface area (Å²) in [6.07, 6.45) is 14.5. The smallest absolute Gasteiger partial charge is 0.159 e. The molecule has 4 N–H and O–H groups in total. The number of hydrogen-bond donors (Lipinski definition) is 4. The summed E-state index contributed by atoms with van der Waals surface area (Å²) in [4.78, 5) is 0. The number of thiocarbonyl (C=S) groups is 1. The van der Waals surface area contributed by atoms with E-state index in [9.17, 15) is 0 Å². The van der Waals surface area contributed by atoms with Gasteiger partial charge < -0.3 is 25.2 Å². The van der Waals surface area contributed by atoms with E-state index in [1.807, 2.05) is 6.92 Å². The van der Waals surface area contributed by atoms with E-state index < -0.39 is 31.8 Å². The Kier molecular flexibility index (Phi) is 22.6. The highest BCUT2D eigenvalue weighted by Gasteiger charge is 2.26. The Morgan fingerprint density at radius 3 is 1.38 bits per heavy atom. The van der Waals surface area contributed by atoms with Crippen LogP contribution in [0.25, 0.3) is 0 Å². The van der Waals surface area contributed by atoms with Crippen molar-refractivity contribution < 1.29 is 25.2 Å². The SMILES string of the molecule is CCCCCCCCCCCCOC(=S)CC.OCC(CO)(CO)CO. The molecule has 0 atom stereocenters. The van der Waals surface area contributed by atoms with Crippen LogP contribution in [0.15, 0.2) is 0 Å². The number of hydrogen-bond acceptors (Lipinski definition) is 6. The standard InChI is InChI=1S/C15H30OS.C5H12O4/c1-3-5-6-7-8-9-10-11-12-13-14-16-15(17)4-2;6-1-5(2-7,3-8)4-9/h3-14H2,1-2H3;6-9H,1-4H2. The van der Waals surface area contributed by atoms with E-state index in [0.29, 0.717) is 0 Å². The van der Waals surface area contributed by atoms with Crippen LogP contribution >= 0.6 is 12.2 Å². The molecule has 0 fully saturated rings. The van der Waals surface area contributed by atoms with Crippen LogP contribution in [0.1, 0.15) is 84.5 Å². The highest BCUT2D eigenvalue weighted by atomic mass is 32.1. The third-order valence-electron chi connectivity index (χ3n) is 4.39. The molecule has 6 heteroatoms. The monoisotopic (exact) mass is 394 g/mol. The number of aliphatic hydroxyl groups is 4. The van der Waals surface area contributed by atoms with Gasteiger partial charge in [0.1, 0.15) is 0 Å². The molecule has 0 heterocycles. The Morgan fingerprint density at radius 2 is 1.08 bits per heavy atom. The van der Waals surface area contributed by atoms with E-state index in [-0.39, 0.29) is 0 Å². The van der Waals surface area contributed by atoms with Crippen LogP contribution in [-0.4, -0.2) is 58.5 Å². The highest BCUT2D eigenvalue weighted by molar-refractivity contribution is 7.80. The molecule has 0 aliphatic heterocycles. The van der Waals surface area contributed by atoms with Crippen LogP contribution in [0, 0.1) is 5.41 Å². The maximum Gasteiger partial charge on any atom is 0.159 e. The summed E-state index contributed by atoms with van der Waals surface area (Å²) in [6.45, 7) is 3.51. The van der Waals surface area contributed by atoms with E-state index in [2.05, 4.69) is 6.92 Å². The van der Waals surface area contributed by atoms with E-state index in [0.717, 1.165) is 24.5 Å². The molecule has 0 aromatic carbocycles. The molecule has 0 amide bonds. The minimum atomic E-state index is -1.11. The largest absolute Gasteiger partial charge is 0.487 e. The summed E-state index contributed by atoms with van der Waals surface area (Å²) >= 11 is 5.00. The van der Waals surface area contributed by atoms with Crippen molar-refractivity contribution in [2.75, 3.05) is 33.0 Å². The van der Waals surface area contributed by atoms with Gasteiger partial charge in [0.05, 0.1) is 38.4 Å². The molecular weight excluding hydrogens is 352 g/mol. The average Bonchev–Trinajstić information content (AvgIpc) is 2.68. The van der Waals surface area contributed by atoms with Gasteiger partial charge in [0, 0.05) is 6.42 Å². The van der Waals surface area contributed by atoms with Crippen LogP contribution < -0.4 is 0 Å². The van der Waals surface area contributed by atoms with Crippen molar-refractivity contribution in [3.05, 3.63) is 0 Å². The van der Waals surface area contributed by atoms with Gasteiger partial charge in [-0.15, -0.1) is 0 Å². The summed E-state index contributed by atoms with van der Waals surface area (Å²) in [7, 11) is 0. The summed E-state index contributed by atoms with van der Waals surface area (Å²) in [5.41, 5.74) is -1.11. The van der Waals surface area contributed by atoms with Crippen molar-refractivity contribution in [2.45, 2.75) is 84.5 Å². The van der Waals surface area contributed by atoms with Crippen molar-refractivity contribution in [3.63, 3.8) is 0 Å². The summed E-state index contributed by atoms with van der Waals surface area (Å²) < 4.78 is 5.39. The molecule has 158 valence electrons. The number of aliphatic hydroxyl groups excluding tert-OH is 4. The number of ether oxygens (including phenoxy) is 1. The molecule has 0 rings (SSSR count). The fraction of sp³-hybridized carbons (Fsp3) is 0.950.